The number of carbonyl (C=O) groups excluding carboxylic acids is 1. The molecule has 0 spiro atoms. The number of hydrogen-bond acceptors (Lipinski definition) is 6. The topological polar surface area (TPSA) is 76.6 Å². The molecule has 7 nitrogen and oxygen atoms in total. The van der Waals surface area contributed by atoms with E-state index in [4.69, 9.17) is 10.5 Å². The SMILES string of the molecule is Cc1nn(CC(=O)OCCN2CCN(C)CC2)c(C)c1N. The summed E-state index contributed by atoms with van der Waals surface area (Å²) < 4.78 is 6.88. The molecule has 1 saturated heterocycles. The molecule has 118 valence electrons. The Labute approximate surface area is 125 Å². The van der Waals surface area contributed by atoms with Gasteiger partial charge in [-0.1, -0.05) is 0 Å². The fourth-order valence-corrected chi connectivity index (χ4v) is 2.39. The van der Waals surface area contributed by atoms with Gasteiger partial charge in [0.05, 0.1) is 17.1 Å². The summed E-state index contributed by atoms with van der Waals surface area (Å²) in [5.41, 5.74) is 8.04. The Bertz CT molecular complexity index is 492. The monoisotopic (exact) mass is 295 g/mol. The van der Waals surface area contributed by atoms with Crippen molar-refractivity contribution in [3.05, 3.63) is 11.4 Å². The second kappa shape index (κ2) is 6.91. The van der Waals surface area contributed by atoms with Gasteiger partial charge in [0.25, 0.3) is 0 Å². The number of esters is 1. The quantitative estimate of drug-likeness (QED) is 0.763. The second-order valence-corrected chi connectivity index (χ2v) is 5.61. The van der Waals surface area contributed by atoms with E-state index in [2.05, 4.69) is 21.9 Å². The van der Waals surface area contributed by atoms with Crippen LogP contribution in [0.2, 0.25) is 0 Å². The molecule has 1 aliphatic heterocycles. The molecule has 21 heavy (non-hydrogen) atoms. The first-order valence-corrected chi connectivity index (χ1v) is 7.33. The van der Waals surface area contributed by atoms with Crippen molar-refractivity contribution < 1.29 is 9.53 Å². The first kappa shape index (κ1) is 15.8. The minimum Gasteiger partial charge on any atom is -0.463 e. The number of aryl methyl sites for hydroxylation is 1. The van der Waals surface area contributed by atoms with Gasteiger partial charge < -0.3 is 15.4 Å². The summed E-state index contributed by atoms with van der Waals surface area (Å²) in [5, 5.41) is 4.23. The molecule has 2 heterocycles. The van der Waals surface area contributed by atoms with Crippen LogP contribution < -0.4 is 5.73 Å². The molecule has 2 N–H and O–H groups in total. The number of aromatic nitrogens is 2. The highest BCUT2D eigenvalue weighted by molar-refractivity contribution is 5.69. The lowest BCUT2D eigenvalue weighted by Crippen LogP contribution is -2.45. The van der Waals surface area contributed by atoms with Crippen molar-refractivity contribution in [1.82, 2.24) is 19.6 Å². The standard InChI is InChI=1S/C14H25N5O2/c1-11-14(15)12(2)19(16-11)10-13(20)21-9-8-18-6-4-17(3)5-7-18/h4-10,15H2,1-3H3. The molecule has 0 saturated carbocycles. The predicted octanol–water partition coefficient (Wildman–Crippen LogP) is -0.127. The molecule has 0 radical (unpaired) electrons. The molecule has 0 amide bonds. The Hall–Kier alpha value is -1.60. The molecular formula is C14H25N5O2. The van der Waals surface area contributed by atoms with Gasteiger partial charge in [-0.05, 0) is 20.9 Å². The van der Waals surface area contributed by atoms with Crippen LogP contribution in [0.25, 0.3) is 0 Å². The van der Waals surface area contributed by atoms with Crippen molar-refractivity contribution in [3.8, 4) is 0 Å². The van der Waals surface area contributed by atoms with E-state index in [1.807, 2.05) is 13.8 Å². The average molecular weight is 295 g/mol. The fraction of sp³-hybridized carbons (Fsp3) is 0.714. The second-order valence-electron chi connectivity index (χ2n) is 5.61. The van der Waals surface area contributed by atoms with Crippen LogP contribution in [0, 0.1) is 13.8 Å². The van der Waals surface area contributed by atoms with Crippen molar-refractivity contribution in [2.75, 3.05) is 52.1 Å². The number of anilines is 1. The van der Waals surface area contributed by atoms with Crippen molar-refractivity contribution in [2.24, 2.45) is 0 Å². The third-order valence-electron chi connectivity index (χ3n) is 3.98. The zero-order valence-electron chi connectivity index (χ0n) is 13.1. The lowest BCUT2D eigenvalue weighted by atomic mass is 10.3. The van der Waals surface area contributed by atoms with Gasteiger partial charge in [-0.15, -0.1) is 0 Å². The number of hydrogen-bond donors (Lipinski definition) is 1. The molecule has 0 unspecified atom stereocenters. The highest BCUT2D eigenvalue weighted by atomic mass is 16.5. The molecule has 1 fully saturated rings. The van der Waals surface area contributed by atoms with Gasteiger partial charge >= 0.3 is 5.97 Å². The zero-order chi connectivity index (χ0) is 15.4. The number of nitrogens with zero attached hydrogens (tertiary/aromatic N) is 4. The lowest BCUT2D eigenvalue weighted by Gasteiger charge is -2.32. The summed E-state index contributed by atoms with van der Waals surface area (Å²) in [6, 6.07) is 0. The van der Waals surface area contributed by atoms with Crippen molar-refractivity contribution in [1.29, 1.82) is 0 Å². The molecular weight excluding hydrogens is 270 g/mol. The average Bonchev–Trinajstić information content (AvgIpc) is 2.68. The Balaban J connectivity index is 1.71. The van der Waals surface area contributed by atoms with Crippen molar-refractivity contribution in [3.63, 3.8) is 0 Å². The van der Waals surface area contributed by atoms with Crippen LogP contribution in [0.5, 0.6) is 0 Å². The van der Waals surface area contributed by atoms with Crippen LogP contribution >= 0.6 is 0 Å². The van der Waals surface area contributed by atoms with Crippen LogP contribution in [0.1, 0.15) is 11.4 Å². The predicted molar refractivity (Wildman–Crippen MR) is 81.0 cm³/mol. The smallest absolute Gasteiger partial charge is 0.327 e. The first-order valence-electron chi connectivity index (χ1n) is 7.33. The molecule has 0 aliphatic carbocycles. The van der Waals surface area contributed by atoms with E-state index in [9.17, 15) is 4.79 Å². The maximum Gasteiger partial charge on any atom is 0.327 e. The fourth-order valence-electron chi connectivity index (χ4n) is 2.39. The maximum absolute atomic E-state index is 11.8. The van der Waals surface area contributed by atoms with Crippen molar-refractivity contribution in [2.45, 2.75) is 20.4 Å². The molecule has 0 aromatic carbocycles. The number of nitrogen functional groups attached to an aromatic ring is 1. The van der Waals surface area contributed by atoms with Crippen LogP contribution in [0.3, 0.4) is 0 Å². The van der Waals surface area contributed by atoms with E-state index in [-0.39, 0.29) is 12.5 Å². The molecule has 2 rings (SSSR count). The zero-order valence-corrected chi connectivity index (χ0v) is 13.1. The van der Waals surface area contributed by atoms with Crippen LogP contribution in [0.15, 0.2) is 0 Å². The van der Waals surface area contributed by atoms with E-state index >= 15 is 0 Å². The Morgan fingerprint density at radius 1 is 1.29 bits per heavy atom. The van der Waals surface area contributed by atoms with Gasteiger partial charge in [0.15, 0.2) is 0 Å². The number of ether oxygens (including phenoxy) is 1. The van der Waals surface area contributed by atoms with E-state index in [1.54, 1.807) is 4.68 Å². The van der Waals surface area contributed by atoms with Gasteiger partial charge in [-0.2, -0.15) is 5.10 Å². The van der Waals surface area contributed by atoms with E-state index in [0.717, 1.165) is 44.1 Å². The molecule has 0 bridgehead atoms. The number of piperazine rings is 1. The third-order valence-corrected chi connectivity index (χ3v) is 3.98. The summed E-state index contributed by atoms with van der Waals surface area (Å²) in [6.07, 6.45) is 0. The number of nitrogens with two attached hydrogens (primary N) is 1. The summed E-state index contributed by atoms with van der Waals surface area (Å²) in [7, 11) is 2.12. The molecule has 1 aromatic heterocycles. The van der Waals surface area contributed by atoms with Crippen LogP contribution in [-0.2, 0) is 16.1 Å². The Morgan fingerprint density at radius 3 is 2.52 bits per heavy atom. The third kappa shape index (κ3) is 4.18. The molecule has 7 heteroatoms. The van der Waals surface area contributed by atoms with E-state index in [0.29, 0.717) is 12.3 Å². The van der Waals surface area contributed by atoms with Gasteiger partial charge in [0.2, 0.25) is 0 Å². The van der Waals surface area contributed by atoms with Gasteiger partial charge in [0, 0.05) is 32.7 Å². The van der Waals surface area contributed by atoms with Gasteiger partial charge in [0.1, 0.15) is 13.2 Å². The normalized spacial score (nSPS) is 17.1. The highest BCUT2D eigenvalue weighted by Crippen LogP contribution is 2.14. The summed E-state index contributed by atoms with van der Waals surface area (Å²) >= 11 is 0. The molecule has 0 atom stereocenters. The largest absolute Gasteiger partial charge is 0.463 e. The van der Waals surface area contributed by atoms with E-state index < -0.39 is 0 Å². The molecule has 1 aromatic rings. The summed E-state index contributed by atoms with van der Waals surface area (Å²) in [6.45, 7) is 9.22. The van der Waals surface area contributed by atoms with Crippen molar-refractivity contribution >= 4 is 11.7 Å². The van der Waals surface area contributed by atoms with Gasteiger partial charge in [-0.25, -0.2) is 0 Å². The minimum absolute atomic E-state index is 0.118. The first-order chi connectivity index (χ1) is 9.97. The Morgan fingerprint density at radius 2 is 1.95 bits per heavy atom. The molecule has 1 aliphatic rings. The highest BCUT2D eigenvalue weighted by Gasteiger charge is 2.15. The summed E-state index contributed by atoms with van der Waals surface area (Å²) in [4.78, 5) is 16.4. The lowest BCUT2D eigenvalue weighted by molar-refractivity contribution is -0.145. The summed E-state index contributed by atoms with van der Waals surface area (Å²) in [5.74, 6) is -0.269. The number of rotatable bonds is 5. The van der Waals surface area contributed by atoms with E-state index in [1.165, 1.54) is 0 Å². The number of carbonyl (C=O) groups is 1. The Kier molecular flexibility index (Phi) is 5.19. The maximum atomic E-state index is 11.8. The van der Waals surface area contributed by atoms with Gasteiger partial charge in [-0.3, -0.25) is 14.4 Å². The van der Waals surface area contributed by atoms with Crippen LogP contribution in [-0.4, -0.2) is 71.9 Å². The van der Waals surface area contributed by atoms with Crippen LogP contribution in [0.4, 0.5) is 5.69 Å². The minimum atomic E-state index is -0.269. The number of likely N-dealkylation sites (N-methyl/N-ethyl adjacent to an activating group) is 1.